The number of nitrogens with one attached hydrogen (secondary N) is 1. The number of amides is 1. The number of aromatic nitrogens is 2. The maximum absolute atomic E-state index is 13.5. The minimum absolute atomic E-state index is 0.149. The number of H-pyrrole nitrogens is 1. The number of carbonyl (C=O) groups excluding carboxylic acids is 1. The normalized spacial score (nSPS) is 24.1. The number of hydrogen-bond donors (Lipinski definition) is 2. The van der Waals surface area contributed by atoms with Gasteiger partial charge in [-0.1, -0.05) is 31.4 Å². The van der Waals surface area contributed by atoms with Crippen LogP contribution in [-0.4, -0.2) is 56.9 Å². The SMILES string of the molecule is CCCCC(C(N)=O)N1C2CC1CN(Cc1nc3c(Cl)cc(F)cc3[nH]1)C2. The highest BCUT2D eigenvalue weighted by Crippen LogP contribution is 2.36. The van der Waals surface area contributed by atoms with E-state index in [-0.39, 0.29) is 17.8 Å². The first-order chi connectivity index (χ1) is 13.0. The van der Waals surface area contributed by atoms with Crippen molar-refractivity contribution in [3.63, 3.8) is 0 Å². The summed E-state index contributed by atoms with van der Waals surface area (Å²) in [6.45, 7) is 4.54. The van der Waals surface area contributed by atoms with E-state index in [1.807, 2.05) is 0 Å². The van der Waals surface area contributed by atoms with Gasteiger partial charge in [0, 0.05) is 25.2 Å². The van der Waals surface area contributed by atoms with Crippen LogP contribution in [0.15, 0.2) is 12.1 Å². The van der Waals surface area contributed by atoms with Crippen molar-refractivity contribution in [3.8, 4) is 0 Å². The van der Waals surface area contributed by atoms with Crippen molar-refractivity contribution in [1.82, 2.24) is 19.8 Å². The Kier molecular flexibility index (Phi) is 5.09. The number of unbranched alkanes of at least 4 members (excludes halogenated alkanes) is 1. The van der Waals surface area contributed by atoms with E-state index in [0.717, 1.165) is 44.6 Å². The number of primary amides is 1. The van der Waals surface area contributed by atoms with Crippen LogP contribution < -0.4 is 5.73 Å². The van der Waals surface area contributed by atoms with Crippen LogP contribution in [0.3, 0.4) is 0 Å². The van der Waals surface area contributed by atoms with Crippen molar-refractivity contribution < 1.29 is 9.18 Å². The highest BCUT2D eigenvalue weighted by Gasteiger charge is 2.48. The molecule has 0 saturated carbocycles. The molecule has 0 spiro atoms. The molecule has 0 radical (unpaired) electrons. The average molecular weight is 394 g/mol. The average Bonchev–Trinajstić information content (AvgIpc) is 3.00. The maximum atomic E-state index is 13.5. The summed E-state index contributed by atoms with van der Waals surface area (Å²) in [4.78, 5) is 24.3. The van der Waals surface area contributed by atoms with Crippen LogP contribution in [0.1, 0.15) is 38.4 Å². The van der Waals surface area contributed by atoms with Crippen molar-refractivity contribution in [1.29, 1.82) is 0 Å². The predicted molar refractivity (Wildman–Crippen MR) is 103 cm³/mol. The van der Waals surface area contributed by atoms with Gasteiger partial charge < -0.3 is 10.7 Å². The topological polar surface area (TPSA) is 78.2 Å². The molecule has 2 aromatic rings. The van der Waals surface area contributed by atoms with Crippen LogP contribution in [0.5, 0.6) is 0 Å². The van der Waals surface area contributed by atoms with Gasteiger partial charge in [0.05, 0.1) is 23.1 Å². The second-order valence-corrected chi connectivity index (χ2v) is 8.12. The van der Waals surface area contributed by atoms with E-state index >= 15 is 0 Å². The fraction of sp³-hybridized carbons (Fsp3) is 0.579. The molecule has 5 rings (SSSR count). The Morgan fingerprint density at radius 1 is 1.44 bits per heavy atom. The van der Waals surface area contributed by atoms with Gasteiger partial charge in [-0.05, 0) is 25.0 Å². The Morgan fingerprint density at radius 2 is 2.19 bits per heavy atom. The maximum Gasteiger partial charge on any atom is 0.234 e. The van der Waals surface area contributed by atoms with Crippen LogP contribution >= 0.6 is 11.6 Å². The molecule has 27 heavy (non-hydrogen) atoms. The zero-order chi connectivity index (χ0) is 19.1. The molecule has 1 aromatic carbocycles. The highest BCUT2D eigenvalue weighted by molar-refractivity contribution is 6.34. The number of nitrogens with zero attached hydrogens (tertiary/aromatic N) is 3. The summed E-state index contributed by atoms with van der Waals surface area (Å²) in [5.41, 5.74) is 6.89. The first kappa shape index (κ1) is 18.7. The number of benzene rings is 1. The van der Waals surface area contributed by atoms with Gasteiger partial charge in [-0.15, -0.1) is 0 Å². The van der Waals surface area contributed by atoms with Gasteiger partial charge >= 0.3 is 0 Å². The number of hydrogen-bond acceptors (Lipinski definition) is 4. The molecular weight excluding hydrogens is 369 g/mol. The Hall–Kier alpha value is -1.70. The monoisotopic (exact) mass is 393 g/mol. The fourth-order valence-electron chi connectivity index (χ4n) is 4.58. The number of rotatable bonds is 7. The molecule has 1 aromatic heterocycles. The lowest BCUT2D eigenvalue weighted by Gasteiger charge is -2.58. The second kappa shape index (κ2) is 7.37. The molecule has 1 amide bonds. The van der Waals surface area contributed by atoms with Crippen LogP contribution in [0.25, 0.3) is 11.0 Å². The standard InChI is InChI=1S/C19H25ClFN5O/c1-2-3-4-16(19(22)27)26-12-7-13(26)9-25(8-12)10-17-23-15-6-11(21)5-14(20)18(15)24-17/h5-6,12-13,16H,2-4,7-10H2,1H3,(H2,22,27)(H,23,24). The highest BCUT2D eigenvalue weighted by atomic mass is 35.5. The molecule has 3 unspecified atom stereocenters. The molecule has 3 N–H and O–H groups in total. The van der Waals surface area contributed by atoms with E-state index in [0.29, 0.717) is 34.7 Å². The van der Waals surface area contributed by atoms with E-state index in [1.165, 1.54) is 12.1 Å². The zero-order valence-electron chi connectivity index (χ0n) is 15.4. The number of nitrogens with two attached hydrogens (primary N) is 1. The van der Waals surface area contributed by atoms with Crippen molar-refractivity contribution in [2.24, 2.45) is 5.73 Å². The lowest BCUT2D eigenvalue weighted by molar-refractivity contribution is -0.140. The van der Waals surface area contributed by atoms with Gasteiger partial charge in [-0.25, -0.2) is 9.37 Å². The Bertz CT molecular complexity index is 844. The van der Waals surface area contributed by atoms with Gasteiger partial charge in [0.15, 0.2) is 0 Å². The number of aromatic amines is 1. The van der Waals surface area contributed by atoms with Gasteiger partial charge in [-0.3, -0.25) is 14.6 Å². The first-order valence-corrected chi connectivity index (χ1v) is 9.96. The number of fused-ring (bicyclic) bond motifs is 3. The molecule has 4 heterocycles. The minimum Gasteiger partial charge on any atom is -0.368 e. The molecule has 146 valence electrons. The third-order valence-corrected chi connectivity index (χ3v) is 6.06. The molecule has 3 aliphatic rings. The molecule has 3 saturated heterocycles. The van der Waals surface area contributed by atoms with Crippen molar-refractivity contribution in [2.75, 3.05) is 13.1 Å². The Labute approximate surface area is 162 Å². The summed E-state index contributed by atoms with van der Waals surface area (Å²) in [6.07, 6.45) is 4.04. The zero-order valence-corrected chi connectivity index (χ0v) is 16.2. The summed E-state index contributed by atoms with van der Waals surface area (Å²) in [5.74, 6) is 0.200. The van der Waals surface area contributed by atoms with Crippen LogP contribution in [0.2, 0.25) is 5.02 Å². The van der Waals surface area contributed by atoms with Crippen LogP contribution in [-0.2, 0) is 11.3 Å². The third-order valence-electron chi connectivity index (χ3n) is 5.77. The third kappa shape index (κ3) is 3.56. The number of halogens is 2. The van der Waals surface area contributed by atoms with E-state index in [4.69, 9.17) is 17.3 Å². The summed E-state index contributed by atoms with van der Waals surface area (Å²) >= 11 is 6.09. The van der Waals surface area contributed by atoms with E-state index in [9.17, 15) is 9.18 Å². The Morgan fingerprint density at radius 3 is 2.85 bits per heavy atom. The minimum atomic E-state index is -0.373. The van der Waals surface area contributed by atoms with Crippen molar-refractivity contribution in [2.45, 2.75) is 57.3 Å². The fourth-order valence-corrected chi connectivity index (χ4v) is 4.83. The number of piperazine rings is 1. The molecule has 2 bridgehead atoms. The quantitative estimate of drug-likeness (QED) is 0.758. The summed E-state index contributed by atoms with van der Waals surface area (Å²) in [5, 5.41) is 0.320. The van der Waals surface area contributed by atoms with Crippen molar-refractivity contribution in [3.05, 3.63) is 28.8 Å². The second-order valence-electron chi connectivity index (χ2n) is 7.71. The van der Waals surface area contributed by atoms with Gasteiger partial charge in [-0.2, -0.15) is 0 Å². The molecule has 3 aliphatic heterocycles. The van der Waals surface area contributed by atoms with E-state index in [1.54, 1.807) is 0 Å². The van der Waals surface area contributed by atoms with Crippen molar-refractivity contribution >= 4 is 28.5 Å². The summed E-state index contributed by atoms with van der Waals surface area (Å²) in [6, 6.07) is 3.27. The molecule has 3 atom stereocenters. The molecule has 8 heteroatoms. The van der Waals surface area contributed by atoms with E-state index in [2.05, 4.69) is 26.7 Å². The molecule has 6 nitrogen and oxygen atoms in total. The van der Waals surface area contributed by atoms with Crippen LogP contribution in [0.4, 0.5) is 4.39 Å². The first-order valence-electron chi connectivity index (χ1n) is 9.59. The summed E-state index contributed by atoms with van der Waals surface area (Å²) in [7, 11) is 0. The largest absolute Gasteiger partial charge is 0.368 e. The molecular formula is C19H25ClFN5O. The number of piperidine rings is 1. The smallest absolute Gasteiger partial charge is 0.234 e. The van der Waals surface area contributed by atoms with Gasteiger partial charge in [0.2, 0.25) is 5.91 Å². The lowest BCUT2D eigenvalue weighted by Crippen LogP contribution is -2.72. The molecule has 0 aliphatic carbocycles. The lowest BCUT2D eigenvalue weighted by atomic mass is 9.84. The van der Waals surface area contributed by atoms with Gasteiger partial charge in [0.1, 0.15) is 17.2 Å². The predicted octanol–water partition coefficient (Wildman–Crippen LogP) is 2.66. The summed E-state index contributed by atoms with van der Waals surface area (Å²) < 4.78 is 13.5. The molecule has 3 fully saturated rings. The van der Waals surface area contributed by atoms with Gasteiger partial charge in [0.25, 0.3) is 0 Å². The number of imidazole rings is 1. The van der Waals surface area contributed by atoms with Crippen LogP contribution in [0, 0.1) is 5.82 Å². The Balaban J connectivity index is 1.42. The number of carbonyl (C=O) groups is 1. The van der Waals surface area contributed by atoms with E-state index < -0.39 is 0 Å².